The molecule has 1 saturated heterocycles. The lowest BCUT2D eigenvalue weighted by Gasteiger charge is -2.05. The molecule has 1 aliphatic heterocycles. The first-order valence-electron chi connectivity index (χ1n) is 5.38. The highest BCUT2D eigenvalue weighted by molar-refractivity contribution is 5.85. The number of carbonyl (C=O) groups excluding carboxylic acids is 1. The molecular formula is C12H20N2O3. The van der Waals surface area contributed by atoms with Crippen molar-refractivity contribution in [3.05, 3.63) is 24.6 Å². The number of amides is 1. The molecule has 0 aliphatic carbocycles. The van der Waals surface area contributed by atoms with Crippen LogP contribution in [0, 0.1) is 0 Å². The lowest BCUT2D eigenvalue weighted by atomic mass is 10.3. The number of carbonyl (C=O) groups is 2. The number of carboxylic acids is 1. The number of aliphatic carboxylic acids is 1. The summed E-state index contributed by atoms with van der Waals surface area (Å²) in [5, 5.41) is 8.34. The summed E-state index contributed by atoms with van der Waals surface area (Å²) in [6, 6.07) is 0. The van der Waals surface area contributed by atoms with E-state index in [-0.39, 0.29) is 5.91 Å². The Bertz CT molecular complexity index is 322. The fraction of sp³-hybridized carbons (Fsp3) is 0.500. The quantitative estimate of drug-likeness (QED) is 0.755. The Labute approximate surface area is 102 Å². The molecule has 0 atom stereocenters. The topological polar surface area (TPSA) is 60.9 Å². The van der Waals surface area contributed by atoms with Crippen LogP contribution in [0.4, 0.5) is 0 Å². The van der Waals surface area contributed by atoms with E-state index in [1.807, 2.05) is 0 Å². The van der Waals surface area contributed by atoms with Crippen LogP contribution < -0.4 is 0 Å². The summed E-state index contributed by atoms with van der Waals surface area (Å²) < 4.78 is 0. The first-order chi connectivity index (χ1) is 7.88. The van der Waals surface area contributed by atoms with Gasteiger partial charge in [-0.15, -0.1) is 0 Å². The number of likely N-dealkylation sites (tertiary alicyclic amines) is 1. The van der Waals surface area contributed by atoms with Crippen molar-refractivity contribution in [2.24, 2.45) is 0 Å². The molecule has 1 amide bonds. The van der Waals surface area contributed by atoms with Gasteiger partial charge >= 0.3 is 5.97 Å². The van der Waals surface area contributed by atoms with Gasteiger partial charge in [0.15, 0.2) is 0 Å². The first kappa shape index (κ1) is 15.2. The summed E-state index contributed by atoms with van der Waals surface area (Å²) in [6.07, 6.45) is 4.84. The zero-order chi connectivity index (χ0) is 13.4. The predicted molar refractivity (Wildman–Crippen MR) is 66.2 cm³/mol. The van der Waals surface area contributed by atoms with Gasteiger partial charge in [-0.25, -0.2) is 4.79 Å². The molecule has 96 valence electrons. The lowest BCUT2D eigenvalue weighted by molar-refractivity contribution is -0.132. The summed E-state index contributed by atoms with van der Waals surface area (Å²) in [5.74, 6) is -0.663. The van der Waals surface area contributed by atoms with E-state index in [0.717, 1.165) is 13.0 Å². The molecule has 1 rings (SSSR count). The second-order valence-electron chi connectivity index (χ2n) is 3.95. The fourth-order valence-electron chi connectivity index (χ4n) is 1.30. The second kappa shape index (κ2) is 7.49. The summed E-state index contributed by atoms with van der Waals surface area (Å²) in [7, 11) is 3.57. The average molecular weight is 240 g/mol. The van der Waals surface area contributed by atoms with E-state index >= 15 is 0 Å². The van der Waals surface area contributed by atoms with Crippen LogP contribution in [-0.2, 0) is 9.59 Å². The zero-order valence-electron chi connectivity index (χ0n) is 10.6. The molecule has 0 aromatic carbocycles. The van der Waals surface area contributed by atoms with E-state index in [9.17, 15) is 9.59 Å². The second-order valence-corrected chi connectivity index (χ2v) is 3.95. The van der Waals surface area contributed by atoms with E-state index < -0.39 is 5.97 Å². The van der Waals surface area contributed by atoms with Crippen molar-refractivity contribution in [1.29, 1.82) is 0 Å². The maximum atomic E-state index is 10.7. The fourth-order valence-corrected chi connectivity index (χ4v) is 1.30. The van der Waals surface area contributed by atoms with E-state index in [4.69, 9.17) is 5.11 Å². The Balaban J connectivity index is 0.000000302. The molecule has 1 fully saturated rings. The van der Waals surface area contributed by atoms with Crippen LogP contribution in [0.3, 0.4) is 0 Å². The van der Waals surface area contributed by atoms with Gasteiger partial charge in [-0.3, -0.25) is 4.79 Å². The highest BCUT2D eigenvalue weighted by Crippen LogP contribution is 2.08. The van der Waals surface area contributed by atoms with Crippen molar-refractivity contribution in [3.8, 4) is 0 Å². The molecule has 0 spiro atoms. The van der Waals surface area contributed by atoms with E-state index in [1.165, 1.54) is 0 Å². The summed E-state index contributed by atoms with van der Waals surface area (Å²) in [5.41, 5.74) is 0.347. The number of carboxylic acid groups (broad SMARTS) is 1. The highest BCUT2D eigenvalue weighted by Gasteiger charge is 2.15. The van der Waals surface area contributed by atoms with Crippen LogP contribution >= 0.6 is 0 Å². The van der Waals surface area contributed by atoms with Gasteiger partial charge in [-0.05, 0) is 19.5 Å². The van der Waals surface area contributed by atoms with Gasteiger partial charge in [-0.2, -0.15) is 0 Å². The van der Waals surface area contributed by atoms with Gasteiger partial charge in [0.1, 0.15) is 0 Å². The van der Waals surface area contributed by atoms with Gasteiger partial charge in [0.25, 0.3) is 0 Å². The van der Waals surface area contributed by atoms with Gasteiger partial charge in [-0.1, -0.05) is 6.58 Å². The predicted octanol–water partition coefficient (Wildman–Crippen LogP) is 1.29. The minimum atomic E-state index is -0.872. The van der Waals surface area contributed by atoms with Gasteiger partial charge in [0, 0.05) is 38.8 Å². The standard InChI is InChI=1S/C6H11NO2.C6H9NO/c1-5(6(8)9)4-7(2)3;1-2-7-5-3-4-6(7)8/h4H,1-3H3,(H,8,9);2H,1,3-5H2. The zero-order valence-corrected chi connectivity index (χ0v) is 10.6. The normalized spacial score (nSPS) is 15.1. The maximum absolute atomic E-state index is 10.7. The molecule has 0 aromatic heterocycles. The van der Waals surface area contributed by atoms with Gasteiger partial charge < -0.3 is 14.9 Å². The Morgan fingerprint density at radius 3 is 2.29 bits per heavy atom. The van der Waals surface area contributed by atoms with E-state index in [0.29, 0.717) is 12.0 Å². The van der Waals surface area contributed by atoms with Gasteiger partial charge in [0.2, 0.25) is 5.91 Å². The van der Waals surface area contributed by atoms with Crippen molar-refractivity contribution < 1.29 is 14.7 Å². The molecule has 1 aliphatic rings. The van der Waals surface area contributed by atoms with Crippen molar-refractivity contribution in [2.75, 3.05) is 20.6 Å². The summed E-state index contributed by atoms with van der Waals surface area (Å²) in [6.45, 7) is 5.92. The molecule has 0 radical (unpaired) electrons. The molecule has 1 N–H and O–H groups in total. The number of rotatable bonds is 3. The number of nitrogens with zero attached hydrogens (tertiary/aromatic N) is 2. The minimum absolute atomic E-state index is 0.208. The Morgan fingerprint density at radius 2 is 2.12 bits per heavy atom. The third-order valence-electron chi connectivity index (χ3n) is 2.12. The Kier molecular flexibility index (Phi) is 6.70. The monoisotopic (exact) mass is 240 g/mol. The van der Waals surface area contributed by atoms with Crippen molar-refractivity contribution in [2.45, 2.75) is 19.8 Å². The van der Waals surface area contributed by atoms with Crippen LogP contribution in [0.1, 0.15) is 19.8 Å². The SMILES string of the molecule is C=CN1CCCC1=O.CC(=CN(C)C)C(=O)O. The van der Waals surface area contributed by atoms with Crippen LogP contribution in [0.2, 0.25) is 0 Å². The Morgan fingerprint density at radius 1 is 1.53 bits per heavy atom. The average Bonchev–Trinajstić information content (AvgIpc) is 2.63. The first-order valence-corrected chi connectivity index (χ1v) is 5.38. The minimum Gasteiger partial charge on any atom is -0.478 e. The third-order valence-corrected chi connectivity index (χ3v) is 2.12. The van der Waals surface area contributed by atoms with Crippen molar-refractivity contribution in [3.63, 3.8) is 0 Å². The molecule has 0 bridgehead atoms. The van der Waals surface area contributed by atoms with Crippen molar-refractivity contribution in [1.82, 2.24) is 9.80 Å². The largest absolute Gasteiger partial charge is 0.478 e. The smallest absolute Gasteiger partial charge is 0.332 e. The highest BCUT2D eigenvalue weighted by atomic mass is 16.4. The molecule has 0 aromatic rings. The van der Waals surface area contributed by atoms with Crippen LogP contribution in [0.5, 0.6) is 0 Å². The molecule has 0 saturated carbocycles. The van der Waals surface area contributed by atoms with E-state index in [1.54, 1.807) is 43.2 Å². The molecule has 5 heteroatoms. The molecular weight excluding hydrogens is 220 g/mol. The molecule has 5 nitrogen and oxygen atoms in total. The number of hydrogen-bond acceptors (Lipinski definition) is 3. The van der Waals surface area contributed by atoms with E-state index in [2.05, 4.69) is 6.58 Å². The van der Waals surface area contributed by atoms with Gasteiger partial charge in [0.05, 0.1) is 0 Å². The summed E-state index contributed by atoms with van der Waals surface area (Å²) in [4.78, 5) is 24.2. The van der Waals surface area contributed by atoms with Crippen LogP contribution in [-0.4, -0.2) is 47.4 Å². The van der Waals surface area contributed by atoms with Crippen LogP contribution in [0.15, 0.2) is 24.6 Å². The Hall–Kier alpha value is -1.78. The maximum Gasteiger partial charge on any atom is 0.332 e. The van der Waals surface area contributed by atoms with Crippen molar-refractivity contribution >= 4 is 11.9 Å². The molecule has 17 heavy (non-hydrogen) atoms. The lowest BCUT2D eigenvalue weighted by Crippen LogP contribution is -2.16. The van der Waals surface area contributed by atoms with Crippen LogP contribution in [0.25, 0.3) is 0 Å². The molecule has 1 heterocycles. The molecule has 0 unspecified atom stereocenters. The third kappa shape index (κ3) is 6.40. The summed E-state index contributed by atoms with van der Waals surface area (Å²) >= 11 is 0. The number of hydrogen-bond donors (Lipinski definition) is 1.